The van der Waals surface area contributed by atoms with Gasteiger partial charge in [-0.25, -0.2) is 9.97 Å². The maximum absolute atomic E-state index is 11.9. The fourth-order valence-corrected chi connectivity index (χ4v) is 1.67. The summed E-state index contributed by atoms with van der Waals surface area (Å²) >= 11 is 0. The molecule has 21 heavy (non-hydrogen) atoms. The molecule has 118 valence electrons. The summed E-state index contributed by atoms with van der Waals surface area (Å²) in [6.07, 6.45) is 5.05. The molecule has 1 aromatic heterocycles. The summed E-state index contributed by atoms with van der Waals surface area (Å²) in [5.74, 6) is 0.531. The number of hydrogen-bond acceptors (Lipinski definition) is 5. The monoisotopic (exact) mass is 293 g/mol. The van der Waals surface area contributed by atoms with Crippen LogP contribution in [-0.2, 0) is 0 Å². The van der Waals surface area contributed by atoms with Crippen LogP contribution in [0.1, 0.15) is 44.1 Å². The summed E-state index contributed by atoms with van der Waals surface area (Å²) in [6, 6.07) is 0.523. The lowest BCUT2D eigenvalue weighted by molar-refractivity contribution is 0.0946. The first-order valence-electron chi connectivity index (χ1n) is 7.59. The van der Waals surface area contributed by atoms with Crippen LogP contribution in [0.3, 0.4) is 0 Å². The molecule has 0 radical (unpaired) electrons. The summed E-state index contributed by atoms with van der Waals surface area (Å²) in [4.78, 5) is 22.5. The lowest BCUT2D eigenvalue weighted by Crippen LogP contribution is -2.31. The van der Waals surface area contributed by atoms with E-state index < -0.39 is 0 Å². The number of nitrogens with zero attached hydrogens (tertiary/aromatic N) is 3. The van der Waals surface area contributed by atoms with E-state index >= 15 is 0 Å². The quantitative estimate of drug-likeness (QED) is 0.679. The highest BCUT2D eigenvalue weighted by atomic mass is 16.1. The molecule has 0 aliphatic carbocycles. The van der Waals surface area contributed by atoms with Crippen LogP contribution in [0.4, 0.5) is 5.82 Å². The van der Waals surface area contributed by atoms with E-state index in [0.717, 1.165) is 25.9 Å². The molecule has 1 heterocycles. The van der Waals surface area contributed by atoms with Gasteiger partial charge in [-0.3, -0.25) is 4.79 Å². The van der Waals surface area contributed by atoms with E-state index in [4.69, 9.17) is 0 Å². The molecule has 0 unspecified atom stereocenters. The summed E-state index contributed by atoms with van der Waals surface area (Å²) < 4.78 is 0. The zero-order valence-corrected chi connectivity index (χ0v) is 13.5. The van der Waals surface area contributed by atoms with Gasteiger partial charge >= 0.3 is 0 Å². The van der Waals surface area contributed by atoms with Crippen LogP contribution in [0.2, 0.25) is 0 Å². The largest absolute Gasteiger partial charge is 0.369 e. The van der Waals surface area contributed by atoms with Gasteiger partial charge in [-0.05, 0) is 40.3 Å². The van der Waals surface area contributed by atoms with Crippen LogP contribution in [0.25, 0.3) is 0 Å². The standard InChI is InChI=1S/C15H27N5O/c1-5-7-16-14-11-18-13(10-19-14)15(21)17-8-6-9-20(4)12(2)3/h10-12H,5-9H2,1-4H3,(H,16,19)(H,17,21). The Morgan fingerprint density at radius 1 is 1.29 bits per heavy atom. The number of hydrogen-bond donors (Lipinski definition) is 2. The molecule has 2 N–H and O–H groups in total. The highest BCUT2D eigenvalue weighted by Crippen LogP contribution is 2.01. The van der Waals surface area contributed by atoms with Gasteiger partial charge in [-0.2, -0.15) is 0 Å². The fourth-order valence-electron chi connectivity index (χ4n) is 1.67. The lowest BCUT2D eigenvalue weighted by Gasteiger charge is -2.20. The fraction of sp³-hybridized carbons (Fsp3) is 0.667. The molecule has 0 saturated heterocycles. The van der Waals surface area contributed by atoms with Crippen molar-refractivity contribution >= 4 is 11.7 Å². The third kappa shape index (κ3) is 6.53. The van der Waals surface area contributed by atoms with Gasteiger partial charge in [0.1, 0.15) is 11.5 Å². The number of anilines is 1. The van der Waals surface area contributed by atoms with Gasteiger partial charge in [0.25, 0.3) is 5.91 Å². The predicted molar refractivity (Wildman–Crippen MR) is 85.5 cm³/mol. The molecule has 0 aliphatic rings. The molecule has 0 aromatic carbocycles. The zero-order chi connectivity index (χ0) is 15.7. The van der Waals surface area contributed by atoms with Crippen molar-refractivity contribution in [1.82, 2.24) is 20.2 Å². The Balaban J connectivity index is 2.31. The molecule has 1 aromatic rings. The summed E-state index contributed by atoms with van der Waals surface area (Å²) in [5.41, 5.74) is 0.356. The van der Waals surface area contributed by atoms with Gasteiger partial charge in [0.2, 0.25) is 0 Å². The van der Waals surface area contributed by atoms with E-state index in [1.54, 1.807) is 6.20 Å². The van der Waals surface area contributed by atoms with E-state index in [-0.39, 0.29) is 5.91 Å². The first kappa shape index (κ1) is 17.4. The Kier molecular flexibility index (Phi) is 7.68. The minimum absolute atomic E-state index is 0.170. The second kappa shape index (κ2) is 9.28. The molecular formula is C15H27N5O. The third-order valence-electron chi connectivity index (χ3n) is 3.30. The number of carbonyl (C=O) groups is 1. The van der Waals surface area contributed by atoms with E-state index in [1.807, 2.05) is 0 Å². The Hall–Kier alpha value is -1.69. The molecule has 0 aliphatic heterocycles. The van der Waals surface area contributed by atoms with Crippen LogP contribution in [0.15, 0.2) is 12.4 Å². The molecular weight excluding hydrogens is 266 g/mol. The van der Waals surface area contributed by atoms with Crippen LogP contribution in [0.5, 0.6) is 0 Å². The Bertz CT molecular complexity index is 419. The van der Waals surface area contributed by atoms with Crippen molar-refractivity contribution < 1.29 is 4.79 Å². The van der Waals surface area contributed by atoms with Crippen molar-refractivity contribution in [2.24, 2.45) is 0 Å². The molecule has 0 fully saturated rings. The van der Waals surface area contributed by atoms with Gasteiger partial charge < -0.3 is 15.5 Å². The van der Waals surface area contributed by atoms with Gasteiger partial charge in [-0.1, -0.05) is 6.92 Å². The van der Waals surface area contributed by atoms with Crippen molar-refractivity contribution in [3.63, 3.8) is 0 Å². The first-order chi connectivity index (χ1) is 10.0. The van der Waals surface area contributed by atoms with Gasteiger partial charge in [0.15, 0.2) is 0 Å². The minimum atomic E-state index is -0.170. The van der Waals surface area contributed by atoms with Crippen molar-refractivity contribution in [1.29, 1.82) is 0 Å². The third-order valence-corrected chi connectivity index (χ3v) is 3.30. The average Bonchev–Trinajstić information content (AvgIpc) is 2.49. The van der Waals surface area contributed by atoms with Crippen molar-refractivity contribution in [3.8, 4) is 0 Å². The topological polar surface area (TPSA) is 70.2 Å². The summed E-state index contributed by atoms with van der Waals surface area (Å²) in [7, 11) is 2.08. The van der Waals surface area contributed by atoms with Gasteiger partial charge in [0, 0.05) is 19.1 Å². The Labute approximate surface area is 127 Å². The van der Waals surface area contributed by atoms with Crippen LogP contribution in [0, 0.1) is 0 Å². The lowest BCUT2D eigenvalue weighted by atomic mass is 10.3. The maximum Gasteiger partial charge on any atom is 0.271 e. The van der Waals surface area contributed by atoms with Crippen molar-refractivity contribution in [3.05, 3.63) is 18.1 Å². The molecule has 1 amide bonds. The summed E-state index contributed by atoms with van der Waals surface area (Å²) in [6.45, 7) is 8.85. The molecule has 0 bridgehead atoms. The van der Waals surface area contributed by atoms with Gasteiger partial charge in [-0.15, -0.1) is 0 Å². The molecule has 0 spiro atoms. The van der Waals surface area contributed by atoms with Crippen LogP contribution >= 0.6 is 0 Å². The summed E-state index contributed by atoms with van der Waals surface area (Å²) in [5, 5.41) is 5.99. The molecule has 6 heteroatoms. The van der Waals surface area contributed by atoms with E-state index in [0.29, 0.717) is 24.1 Å². The number of rotatable bonds is 9. The number of aromatic nitrogens is 2. The number of carbonyl (C=O) groups excluding carboxylic acids is 1. The predicted octanol–water partition coefficient (Wildman–Crippen LogP) is 1.76. The van der Waals surface area contributed by atoms with E-state index in [1.165, 1.54) is 6.20 Å². The zero-order valence-electron chi connectivity index (χ0n) is 13.5. The number of nitrogens with one attached hydrogen (secondary N) is 2. The highest BCUT2D eigenvalue weighted by Gasteiger charge is 2.08. The van der Waals surface area contributed by atoms with Crippen LogP contribution in [-0.4, -0.2) is 53.5 Å². The molecule has 1 rings (SSSR count). The van der Waals surface area contributed by atoms with Crippen molar-refractivity contribution in [2.45, 2.75) is 39.7 Å². The normalized spacial score (nSPS) is 11.0. The first-order valence-corrected chi connectivity index (χ1v) is 7.59. The molecule has 0 atom stereocenters. The molecule has 0 saturated carbocycles. The SMILES string of the molecule is CCCNc1cnc(C(=O)NCCCN(C)C(C)C)cn1. The van der Waals surface area contributed by atoms with Gasteiger partial charge in [0.05, 0.1) is 12.4 Å². The maximum atomic E-state index is 11.9. The van der Waals surface area contributed by atoms with E-state index in [2.05, 4.69) is 53.3 Å². The number of amides is 1. The Morgan fingerprint density at radius 3 is 2.62 bits per heavy atom. The average molecular weight is 293 g/mol. The molecule has 6 nitrogen and oxygen atoms in total. The highest BCUT2D eigenvalue weighted by molar-refractivity contribution is 5.91. The second-order valence-electron chi connectivity index (χ2n) is 5.40. The van der Waals surface area contributed by atoms with Crippen molar-refractivity contribution in [2.75, 3.05) is 32.0 Å². The minimum Gasteiger partial charge on any atom is -0.369 e. The van der Waals surface area contributed by atoms with Crippen LogP contribution < -0.4 is 10.6 Å². The second-order valence-corrected chi connectivity index (χ2v) is 5.40. The van der Waals surface area contributed by atoms with E-state index in [9.17, 15) is 4.79 Å². The Morgan fingerprint density at radius 2 is 2.05 bits per heavy atom. The smallest absolute Gasteiger partial charge is 0.271 e.